The predicted molar refractivity (Wildman–Crippen MR) is 90.8 cm³/mol. The fourth-order valence-electron chi connectivity index (χ4n) is 2.20. The number of aromatic nitrogens is 1. The maximum Gasteiger partial charge on any atom is 0.248 e. The number of hydrogen-bond donors (Lipinski definition) is 1. The molecule has 0 aliphatic carbocycles. The third kappa shape index (κ3) is 3.57. The molecule has 0 spiro atoms. The number of benzene rings is 2. The Labute approximate surface area is 138 Å². The largest absolute Gasteiger partial charge is 0.444 e. The van der Waals surface area contributed by atoms with Crippen LogP contribution in [0.15, 0.2) is 71.6 Å². The summed E-state index contributed by atoms with van der Waals surface area (Å²) in [7, 11) is 0. The first-order chi connectivity index (χ1) is 11.8. The molecule has 0 saturated carbocycles. The molecule has 0 aliphatic heterocycles. The normalized spacial score (nSPS) is 10.5. The van der Waals surface area contributed by atoms with Crippen LogP contribution in [-0.4, -0.2) is 10.9 Å². The SMILES string of the molecule is N#Cc1ccccc1/C=C/C(=O)Nc1cccc(-c2cnco2)c1. The molecule has 1 aromatic heterocycles. The van der Waals surface area contributed by atoms with E-state index >= 15 is 0 Å². The third-order valence-corrected chi connectivity index (χ3v) is 3.34. The van der Waals surface area contributed by atoms with E-state index in [2.05, 4.69) is 16.4 Å². The lowest BCUT2D eigenvalue weighted by atomic mass is 10.1. The number of carbonyl (C=O) groups excluding carboxylic acids is 1. The lowest BCUT2D eigenvalue weighted by Crippen LogP contribution is -2.07. The Morgan fingerprint density at radius 3 is 2.88 bits per heavy atom. The van der Waals surface area contributed by atoms with Gasteiger partial charge in [-0.2, -0.15) is 5.26 Å². The highest BCUT2D eigenvalue weighted by molar-refractivity contribution is 6.02. The second kappa shape index (κ2) is 7.07. The maximum absolute atomic E-state index is 12.1. The van der Waals surface area contributed by atoms with E-state index < -0.39 is 0 Å². The molecular formula is C19H13N3O2. The predicted octanol–water partition coefficient (Wildman–Crippen LogP) is 3.87. The van der Waals surface area contributed by atoms with Gasteiger partial charge in [0, 0.05) is 17.3 Å². The zero-order valence-corrected chi connectivity index (χ0v) is 12.6. The van der Waals surface area contributed by atoms with Crippen LogP contribution in [0.25, 0.3) is 17.4 Å². The first-order valence-corrected chi connectivity index (χ1v) is 7.23. The summed E-state index contributed by atoms with van der Waals surface area (Å²) in [4.78, 5) is 15.9. The molecule has 0 atom stereocenters. The van der Waals surface area contributed by atoms with Gasteiger partial charge in [-0.1, -0.05) is 30.3 Å². The van der Waals surface area contributed by atoms with E-state index in [4.69, 9.17) is 9.68 Å². The van der Waals surface area contributed by atoms with E-state index in [-0.39, 0.29) is 5.91 Å². The Bertz CT molecular complexity index is 922. The Hall–Kier alpha value is -3.65. The summed E-state index contributed by atoms with van der Waals surface area (Å²) in [6.45, 7) is 0. The number of amides is 1. The van der Waals surface area contributed by atoms with Gasteiger partial charge in [0.15, 0.2) is 12.2 Å². The van der Waals surface area contributed by atoms with Crippen molar-refractivity contribution in [3.63, 3.8) is 0 Å². The van der Waals surface area contributed by atoms with Crippen LogP contribution in [-0.2, 0) is 4.79 Å². The number of nitrogens with zero attached hydrogens (tertiary/aromatic N) is 2. The molecule has 1 amide bonds. The third-order valence-electron chi connectivity index (χ3n) is 3.34. The molecule has 0 saturated heterocycles. The molecule has 0 aliphatic rings. The molecule has 1 N–H and O–H groups in total. The standard InChI is InChI=1S/C19H13N3O2/c20-11-16-5-2-1-4-14(16)8-9-19(23)22-17-7-3-6-15(10-17)18-12-21-13-24-18/h1-10,12-13H,(H,22,23)/b9-8+. The van der Waals surface area contributed by atoms with Gasteiger partial charge in [-0.05, 0) is 29.8 Å². The lowest BCUT2D eigenvalue weighted by molar-refractivity contribution is -0.111. The fraction of sp³-hybridized carbons (Fsp3) is 0. The van der Waals surface area contributed by atoms with Crippen LogP contribution in [0.4, 0.5) is 5.69 Å². The number of rotatable bonds is 4. The van der Waals surface area contributed by atoms with E-state index in [0.717, 1.165) is 5.56 Å². The van der Waals surface area contributed by atoms with Crippen LogP contribution in [0.3, 0.4) is 0 Å². The van der Waals surface area contributed by atoms with Crippen LogP contribution in [0.2, 0.25) is 0 Å². The van der Waals surface area contributed by atoms with Gasteiger partial charge >= 0.3 is 0 Å². The minimum absolute atomic E-state index is 0.280. The summed E-state index contributed by atoms with van der Waals surface area (Å²) in [5, 5.41) is 11.8. The second-order valence-corrected chi connectivity index (χ2v) is 4.97. The summed E-state index contributed by atoms with van der Waals surface area (Å²) < 4.78 is 5.24. The van der Waals surface area contributed by atoms with Gasteiger partial charge in [0.1, 0.15) is 0 Å². The number of nitriles is 1. The van der Waals surface area contributed by atoms with Gasteiger partial charge in [-0.15, -0.1) is 0 Å². The van der Waals surface area contributed by atoms with Crippen molar-refractivity contribution >= 4 is 17.7 Å². The second-order valence-electron chi connectivity index (χ2n) is 4.97. The average Bonchev–Trinajstić information content (AvgIpc) is 3.15. The van der Waals surface area contributed by atoms with Gasteiger partial charge in [0.25, 0.3) is 0 Å². The summed E-state index contributed by atoms with van der Waals surface area (Å²) in [6, 6.07) is 16.5. The van der Waals surface area contributed by atoms with Crippen LogP contribution < -0.4 is 5.32 Å². The van der Waals surface area contributed by atoms with Crippen molar-refractivity contribution in [1.29, 1.82) is 5.26 Å². The molecule has 3 aromatic rings. The highest BCUT2D eigenvalue weighted by atomic mass is 16.3. The zero-order chi connectivity index (χ0) is 16.8. The van der Waals surface area contributed by atoms with Crippen LogP contribution >= 0.6 is 0 Å². The molecule has 24 heavy (non-hydrogen) atoms. The van der Waals surface area contributed by atoms with E-state index in [1.807, 2.05) is 18.2 Å². The van der Waals surface area contributed by atoms with Crippen LogP contribution in [0.5, 0.6) is 0 Å². The molecule has 2 aromatic carbocycles. The summed E-state index contributed by atoms with van der Waals surface area (Å²) >= 11 is 0. The molecule has 0 bridgehead atoms. The molecule has 1 heterocycles. The van der Waals surface area contributed by atoms with Crippen molar-refractivity contribution in [3.8, 4) is 17.4 Å². The van der Waals surface area contributed by atoms with Gasteiger partial charge < -0.3 is 9.73 Å². The van der Waals surface area contributed by atoms with Crippen molar-refractivity contribution in [2.24, 2.45) is 0 Å². The van der Waals surface area contributed by atoms with Crippen LogP contribution in [0.1, 0.15) is 11.1 Å². The maximum atomic E-state index is 12.1. The molecule has 0 radical (unpaired) electrons. The van der Waals surface area contributed by atoms with Gasteiger partial charge in [0.05, 0.1) is 17.8 Å². The van der Waals surface area contributed by atoms with Crippen LogP contribution in [0, 0.1) is 11.3 Å². The molecule has 5 nitrogen and oxygen atoms in total. The minimum atomic E-state index is -0.280. The topological polar surface area (TPSA) is 78.9 Å². The highest BCUT2D eigenvalue weighted by Crippen LogP contribution is 2.22. The Morgan fingerprint density at radius 1 is 1.21 bits per heavy atom. The number of nitrogens with one attached hydrogen (secondary N) is 1. The molecular weight excluding hydrogens is 302 g/mol. The Morgan fingerprint density at radius 2 is 2.08 bits per heavy atom. The number of anilines is 1. The van der Waals surface area contributed by atoms with E-state index in [9.17, 15) is 4.79 Å². The quantitative estimate of drug-likeness (QED) is 0.741. The van der Waals surface area contributed by atoms with E-state index in [1.165, 1.54) is 12.5 Å². The van der Waals surface area contributed by atoms with Crippen molar-refractivity contribution in [2.75, 3.05) is 5.32 Å². The molecule has 0 fully saturated rings. The monoisotopic (exact) mass is 315 g/mol. The fourth-order valence-corrected chi connectivity index (χ4v) is 2.20. The number of carbonyl (C=O) groups is 1. The van der Waals surface area contributed by atoms with Gasteiger partial charge in [-0.3, -0.25) is 4.79 Å². The summed E-state index contributed by atoms with van der Waals surface area (Å²) in [5.41, 5.74) is 2.69. The summed E-state index contributed by atoms with van der Waals surface area (Å²) in [6.07, 6.45) is 5.99. The van der Waals surface area contributed by atoms with E-state index in [0.29, 0.717) is 22.6 Å². The average molecular weight is 315 g/mol. The highest BCUT2D eigenvalue weighted by Gasteiger charge is 2.04. The number of hydrogen-bond acceptors (Lipinski definition) is 4. The molecule has 3 rings (SSSR count). The Kier molecular flexibility index (Phi) is 4.50. The van der Waals surface area contributed by atoms with Crippen molar-refractivity contribution in [3.05, 3.63) is 78.3 Å². The van der Waals surface area contributed by atoms with Gasteiger partial charge in [-0.25, -0.2) is 4.98 Å². The Balaban J connectivity index is 1.72. The zero-order valence-electron chi connectivity index (χ0n) is 12.6. The van der Waals surface area contributed by atoms with Crippen molar-refractivity contribution in [2.45, 2.75) is 0 Å². The van der Waals surface area contributed by atoms with E-state index in [1.54, 1.807) is 42.6 Å². The smallest absolute Gasteiger partial charge is 0.248 e. The first-order valence-electron chi connectivity index (χ1n) is 7.23. The number of oxazole rings is 1. The lowest BCUT2D eigenvalue weighted by Gasteiger charge is -2.04. The van der Waals surface area contributed by atoms with Crippen molar-refractivity contribution in [1.82, 2.24) is 4.98 Å². The summed E-state index contributed by atoms with van der Waals surface area (Å²) in [5.74, 6) is 0.349. The molecule has 5 heteroatoms. The molecule has 0 unspecified atom stereocenters. The first kappa shape index (κ1) is 15.3. The molecule has 116 valence electrons. The van der Waals surface area contributed by atoms with Gasteiger partial charge in [0.2, 0.25) is 5.91 Å². The van der Waals surface area contributed by atoms with Crippen molar-refractivity contribution < 1.29 is 9.21 Å². The minimum Gasteiger partial charge on any atom is -0.444 e.